The molecule has 0 radical (unpaired) electrons. The van der Waals surface area contributed by atoms with Gasteiger partial charge in [0.05, 0.1) is 18.3 Å². The van der Waals surface area contributed by atoms with Crippen LogP contribution < -0.4 is 5.32 Å². The lowest BCUT2D eigenvalue weighted by Crippen LogP contribution is -2.42. The minimum Gasteiger partial charge on any atom is -0.394 e. The van der Waals surface area contributed by atoms with Gasteiger partial charge in [-0.15, -0.1) is 0 Å². The third kappa shape index (κ3) is 3.70. The fraction of sp³-hybridized carbons (Fsp3) is 0.375. The Morgan fingerprint density at radius 2 is 2.10 bits per heavy atom. The molecule has 0 aliphatic carbocycles. The first kappa shape index (κ1) is 15.3. The van der Waals surface area contributed by atoms with Crippen LogP contribution in [0.4, 0.5) is 0 Å². The van der Waals surface area contributed by atoms with Gasteiger partial charge in [0.2, 0.25) is 0 Å². The summed E-state index contributed by atoms with van der Waals surface area (Å²) in [6, 6.07) is 11.1. The number of nitrogens with one attached hydrogen (secondary N) is 2. The molecule has 1 heterocycles. The number of benzene rings is 1. The number of rotatable bonds is 6. The van der Waals surface area contributed by atoms with E-state index in [4.69, 9.17) is 0 Å². The van der Waals surface area contributed by atoms with E-state index >= 15 is 0 Å². The van der Waals surface area contributed by atoms with Gasteiger partial charge in [0.25, 0.3) is 5.91 Å². The Bertz CT molecular complexity index is 580. The zero-order valence-electron chi connectivity index (χ0n) is 12.3. The number of aliphatic hydroxyl groups excluding tert-OH is 1. The number of aliphatic hydroxyl groups is 1. The quantitative estimate of drug-likeness (QED) is 0.762. The summed E-state index contributed by atoms with van der Waals surface area (Å²) in [6.07, 6.45) is 0.893. The maximum Gasteiger partial charge on any atom is 0.269 e. The number of hydrogen-bond acceptors (Lipinski definition) is 3. The van der Waals surface area contributed by atoms with Crippen LogP contribution in [0.2, 0.25) is 0 Å². The molecule has 2 atom stereocenters. The van der Waals surface area contributed by atoms with Crippen molar-refractivity contribution in [2.24, 2.45) is 5.92 Å². The van der Waals surface area contributed by atoms with Crippen molar-refractivity contribution in [3.63, 3.8) is 0 Å². The van der Waals surface area contributed by atoms with Crippen LogP contribution in [0.3, 0.4) is 0 Å². The van der Waals surface area contributed by atoms with Crippen molar-refractivity contribution in [2.75, 3.05) is 6.61 Å². The van der Waals surface area contributed by atoms with Crippen molar-refractivity contribution in [3.05, 3.63) is 42.1 Å². The molecule has 0 aliphatic heterocycles. The van der Waals surface area contributed by atoms with Crippen LogP contribution in [0.15, 0.2) is 36.4 Å². The second-order valence-electron chi connectivity index (χ2n) is 5.18. The minimum atomic E-state index is -0.246. The second-order valence-corrected chi connectivity index (χ2v) is 5.18. The Labute approximate surface area is 124 Å². The van der Waals surface area contributed by atoms with Crippen molar-refractivity contribution in [1.82, 2.24) is 15.5 Å². The van der Waals surface area contributed by atoms with Crippen LogP contribution in [-0.4, -0.2) is 33.9 Å². The molecule has 1 aromatic carbocycles. The molecule has 0 bridgehead atoms. The van der Waals surface area contributed by atoms with E-state index in [0.29, 0.717) is 5.69 Å². The number of carbonyl (C=O) groups is 1. The van der Waals surface area contributed by atoms with Crippen LogP contribution in [0.5, 0.6) is 0 Å². The highest BCUT2D eigenvalue weighted by Gasteiger charge is 2.19. The van der Waals surface area contributed by atoms with Crippen LogP contribution in [0.1, 0.15) is 30.8 Å². The first-order valence-corrected chi connectivity index (χ1v) is 7.18. The smallest absolute Gasteiger partial charge is 0.269 e. The molecule has 0 saturated carbocycles. The highest BCUT2D eigenvalue weighted by molar-refractivity contribution is 5.93. The van der Waals surface area contributed by atoms with E-state index in [-0.39, 0.29) is 24.5 Å². The lowest BCUT2D eigenvalue weighted by Gasteiger charge is -2.21. The fourth-order valence-corrected chi connectivity index (χ4v) is 2.09. The molecule has 0 aliphatic rings. The minimum absolute atomic E-state index is 0.0690. The molecule has 5 heteroatoms. The van der Waals surface area contributed by atoms with E-state index in [1.807, 2.05) is 44.2 Å². The number of aromatic nitrogens is 2. The average molecular weight is 287 g/mol. The highest BCUT2D eigenvalue weighted by Crippen LogP contribution is 2.17. The first-order chi connectivity index (χ1) is 10.2. The lowest BCUT2D eigenvalue weighted by molar-refractivity contribution is 0.0886. The summed E-state index contributed by atoms with van der Waals surface area (Å²) in [5, 5.41) is 19.1. The Kier molecular flexibility index (Phi) is 5.11. The maximum absolute atomic E-state index is 12.2. The first-order valence-electron chi connectivity index (χ1n) is 7.18. The number of nitrogens with zero attached hydrogens (tertiary/aromatic N) is 1. The van der Waals surface area contributed by atoms with Crippen molar-refractivity contribution >= 4 is 5.91 Å². The number of H-pyrrole nitrogens is 1. The molecule has 0 spiro atoms. The summed E-state index contributed by atoms with van der Waals surface area (Å²) in [4.78, 5) is 12.2. The van der Waals surface area contributed by atoms with Crippen LogP contribution in [0.25, 0.3) is 11.3 Å². The zero-order chi connectivity index (χ0) is 15.2. The van der Waals surface area contributed by atoms with Gasteiger partial charge >= 0.3 is 0 Å². The van der Waals surface area contributed by atoms with Crippen molar-refractivity contribution < 1.29 is 9.90 Å². The molecule has 2 aromatic rings. The molecule has 21 heavy (non-hydrogen) atoms. The van der Waals surface area contributed by atoms with Gasteiger partial charge in [0.15, 0.2) is 0 Å². The predicted molar refractivity (Wildman–Crippen MR) is 81.8 cm³/mol. The van der Waals surface area contributed by atoms with Gasteiger partial charge in [-0.05, 0) is 12.0 Å². The SMILES string of the molecule is CC[C@@H](C)[C@@H](CO)NC(=O)c1cc(-c2ccccc2)n[nH]1. The second kappa shape index (κ2) is 7.04. The molecule has 0 saturated heterocycles. The monoisotopic (exact) mass is 287 g/mol. The zero-order valence-corrected chi connectivity index (χ0v) is 12.3. The largest absolute Gasteiger partial charge is 0.394 e. The molecule has 2 rings (SSSR count). The van der Waals surface area contributed by atoms with Gasteiger partial charge in [-0.1, -0.05) is 50.6 Å². The Balaban J connectivity index is 2.09. The van der Waals surface area contributed by atoms with Gasteiger partial charge in [-0.3, -0.25) is 9.89 Å². The molecule has 1 amide bonds. The molecular formula is C16H21N3O2. The van der Waals surface area contributed by atoms with Crippen LogP contribution in [0, 0.1) is 5.92 Å². The number of amides is 1. The van der Waals surface area contributed by atoms with E-state index in [9.17, 15) is 9.90 Å². The number of hydrogen-bond donors (Lipinski definition) is 3. The van der Waals surface area contributed by atoms with Gasteiger partial charge < -0.3 is 10.4 Å². The van der Waals surface area contributed by atoms with Crippen LogP contribution in [-0.2, 0) is 0 Å². The van der Waals surface area contributed by atoms with Crippen molar-refractivity contribution in [3.8, 4) is 11.3 Å². The summed E-state index contributed by atoms with van der Waals surface area (Å²) >= 11 is 0. The predicted octanol–water partition coefficient (Wildman–Crippen LogP) is 2.21. The van der Waals surface area contributed by atoms with E-state index in [1.165, 1.54) is 0 Å². The van der Waals surface area contributed by atoms with Gasteiger partial charge in [-0.2, -0.15) is 5.10 Å². The molecule has 0 unspecified atom stereocenters. The summed E-state index contributed by atoms with van der Waals surface area (Å²) in [7, 11) is 0. The topological polar surface area (TPSA) is 78.0 Å². The average Bonchev–Trinajstić information content (AvgIpc) is 3.02. The highest BCUT2D eigenvalue weighted by atomic mass is 16.3. The number of aromatic amines is 1. The molecule has 3 N–H and O–H groups in total. The standard InChI is InChI=1S/C16H21N3O2/c1-3-11(2)15(10-20)17-16(21)14-9-13(18-19-14)12-7-5-4-6-8-12/h4-9,11,15,20H,3,10H2,1-2H3,(H,17,21)(H,18,19)/t11-,15-/m1/s1. The molecule has 5 nitrogen and oxygen atoms in total. The van der Waals surface area contributed by atoms with Crippen molar-refractivity contribution in [2.45, 2.75) is 26.3 Å². The lowest BCUT2D eigenvalue weighted by atomic mass is 10.00. The number of carbonyl (C=O) groups excluding carboxylic acids is 1. The summed E-state index contributed by atoms with van der Waals surface area (Å²) in [6.45, 7) is 3.97. The molecule has 0 fully saturated rings. The fourth-order valence-electron chi connectivity index (χ4n) is 2.09. The Morgan fingerprint density at radius 1 is 1.38 bits per heavy atom. The third-order valence-electron chi connectivity index (χ3n) is 3.74. The normalized spacial score (nSPS) is 13.7. The van der Waals surface area contributed by atoms with Crippen molar-refractivity contribution in [1.29, 1.82) is 0 Å². The summed E-state index contributed by atoms with van der Waals surface area (Å²) in [5.74, 6) is -0.0282. The molecule has 112 valence electrons. The summed E-state index contributed by atoms with van der Waals surface area (Å²) < 4.78 is 0. The Hall–Kier alpha value is -2.14. The van der Waals surface area contributed by atoms with E-state index < -0.39 is 0 Å². The Morgan fingerprint density at radius 3 is 2.71 bits per heavy atom. The summed E-state index contributed by atoms with van der Waals surface area (Å²) in [5.41, 5.74) is 2.08. The van der Waals surface area contributed by atoms with E-state index in [0.717, 1.165) is 17.7 Å². The van der Waals surface area contributed by atoms with Gasteiger partial charge in [-0.25, -0.2) is 0 Å². The van der Waals surface area contributed by atoms with Crippen LogP contribution >= 0.6 is 0 Å². The van der Waals surface area contributed by atoms with Gasteiger partial charge in [0, 0.05) is 5.56 Å². The van der Waals surface area contributed by atoms with Gasteiger partial charge in [0.1, 0.15) is 5.69 Å². The van der Waals surface area contributed by atoms with E-state index in [1.54, 1.807) is 6.07 Å². The third-order valence-corrected chi connectivity index (χ3v) is 3.74. The molecule has 1 aromatic heterocycles. The maximum atomic E-state index is 12.2. The molecular weight excluding hydrogens is 266 g/mol. The van der Waals surface area contributed by atoms with E-state index in [2.05, 4.69) is 15.5 Å².